The molecule has 0 amide bonds. The Bertz CT molecular complexity index is 1240. The third-order valence-corrected chi connectivity index (χ3v) is 18.4. The molecule has 0 saturated carbocycles. The van der Waals surface area contributed by atoms with Crippen LogP contribution in [-0.2, 0) is 16.6 Å². The van der Waals surface area contributed by atoms with E-state index in [4.69, 9.17) is 0 Å². The van der Waals surface area contributed by atoms with Crippen molar-refractivity contribution >= 4 is 23.6 Å². The quantitative estimate of drug-likeness (QED) is 0.252. The molecule has 2 heteroatoms. The van der Waals surface area contributed by atoms with Gasteiger partial charge in [0.2, 0.25) is 0 Å². The van der Waals surface area contributed by atoms with Crippen LogP contribution in [0.15, 0.2) is 99.5 Å². The van der Waals surface area contributed by atoms with Crippen molar-refractivity contribution in [1.82, 2.24) is 0 Å². The Morgan fingerprint density at radius 1 is 0.647 bits per heavy atom. The normalized spacial score (nSPS) is 19.2. The van der Waals surface area contributed by atoms with E-state index in [2.05, 4.69) is 136 Å². The molecule has 1 aliphatic rings. The standard InChI is InChI=1S/C29H31Si.3CH3.Ti/c1-21-17-18-22(2)28(19-21)30(26-13-9-7-10-14-26,27-15-11-8-12-16-27)29(6)20-23(3)24(4)25(29)5;;;;/h7-19H,1-6H3;3*1H3;. The second-order valence-electron chi connectivity index (χ2n) is 11.4. The van der Waals surface area contributed by atoms with Crippen molar-refractivity contribution in [2.75, 3.05) is 0 Å². The van der Waals surface area contributed by atoms with Crippen LogP contribution in [0.1, 0.15) is 38.8 Å². The van der Waals surface area contributed by atoms with Gasteiger partial charge in [-0.3, -0.25) is 0 Å². The Hall–Kier alpha value is -1.93. The van der Waals surface area contributed by atoms with Gasteiger partial charge in [0.25, 0.3) is 0 Å². The van der Waals surface area contributed by atoms with E-state index in [0.29, 0.717) is 0 Å². The Balaban J connectivity index is 2.32. The van der Waals surface area contributed by atoms with Crippen LogP contribution in [0.5, 0.6) is 0 Å². The van der Waals surface area contributed by atoms with Crippen molar-refractivity contribution in [2.45, 2.75) is 62.3 Å². The summed E-state index contributed by atoms with van der Waals surface area (Å²) in [6, 6.07) is 30.2. The van der Waals surface area contributed by atoms with Crippen LogP contribution in [0.4, 0.5) is 0 Å². The molecule has 1 aliphatic carbocycles. The maximum atomic E-state index is 2.63. The third kappa shape index (κ3) is 3.60. The average Bonchev–Trinajstić information content (AvgIpc) is 2.98. The van der Waals surface area contributed by atoms with Gasteiger partial charge in [0.15, 0.2) is 0 Å². The van der Waals surface area contributed by atoms with E-state index < -0.39 is 24.7 Å². The van der Waals surface area contributed by atoms with Crippen molar-refractivity contribution < 1.29 is 16.6 Å². The van der Waals surface area contributed by atoms with E-state index in [1.54, 1.807) is 20.2 Å². The molecule has 0 radical (unpaired) electrons. The van der Waals surface area contributed by atoms with Crippen LogP contribution in [-0.4, -0.2) is 8.07 Å². The van der Waals surface area contributed by atoms with Gasteiger partial charge in [0.1, 0.15) is 0 Å². The van der Waals surface area contributed by atoms with Crippen LogP contribution in [0.2, 0.25) is 20.7 Å². The summed E-state index contributed by atoms with van der Waals surface area (Å²) in [5.41, 5.74) is 7.44. The maximum absolute atomic E-state index is 2.63. The second kappa shape index (κ2) is 8.94. The van der Waals surface area contributed by atoms with E-state index in [1.165, 1.54) is 27.1 Å². The fourth-order valence-corrected chi connectivity index (χ4v) is 20.6. The minimum absolute atomic E-state index is 0.0132. The predicted octanol–water partition coefficient (Wildman–Crippen LogP) is 7.46. The molecular weight excluding hydrogens is 460 g/mol. The third-order valence-electron chi connectivity index (χ3n) is 8.46. The molecule has 0 aromatic heterocycles. The molecule has 0 heterocycles. The molecule has 0 bridgehead atoms. The molecule has 0 saturated heterocycles. The molecule has 0 N–H and O–H groups in total. The zero-order valence-electron chi connectivity index (χ0n) is 22.5. The van der Waals surface area contributed by atoms with Gasteiger partial charge in [-0.25, -0.2) is 0 Å². The molecule has 176 valence electrons. The number of allylic oxidation sites excluding steroid dienone is 4. The zero-order chi connectivity index (χ0) is 24.9. The molecule has 3 aromatic rings. The Morgan fingerprint density at radius 3 is 1.62 bits per heavy atom. The van der Waals surface area contributed by atoms with Gasteiger partial charge in [0.05, 0.1) is 0 Å². The van der Waals surface area contributed by atoms with Gasteiger partial charge in [-0.1, -0.05) is 0 Å². The number of rotatable bonds is 5. The molecule has 0 aliphatic heterocycles. The fourth-order valence-electron chi connectivity index (χ4n) is 7.03. The number of aryl methyl sites for hydroxylation is 2. The first kappa shape index (κ1) is 25.2. The van der Waals surface area contributed by atoms with Crippen molar-refractivity contribution in [3.63, 3.8) is 0 Å². The first-order valence-corrected chi connectivity index (χ1v) is 20.0. The van der Waals surface area contributed by atoms with E-state index in [-0.39, 0.29) is 5.04 Å². The van der Waals surface area contributed by atoms with Gasteiger partial charge < -0.3 is 0 Å². The summed E-state index contributed by atoms with van der Waals surface area (Å²) in [4.78, 5) is 0. The molecule has 3 aromatic carbocycles. The van der Waals surface area contributed by atoms with Crippen LogP contribution >= 0.6 is 0 Å². The fraction of sp³-hybridized carbons (Fsp3) is 0.312. The van der Waals surface area contributed by atoms with Crippen LogP contribution in [0.3, 0.4) is 0 Å². The van der Waals surface area contributed by atoms with E-state index in [0.717, 1.165) is 0 Å². The molecule has 0 spiro atoms. The summed E-state index contributed by atoms with van der Waals surface area (Å²) in [5.74, 6) is 0. The average molecular weight is 501 g/mol. The van der Waals surface area contributed by atoms with Crippen molar-refractivity contribution in [3.05, 3.63) is 111 Å². The predicted molar refractivity (Wildman–Crippen MR) is 150 cm³/mol. The number of benzene rings is 3. The van der Waals surface area contributed by atoms with Gasteiger partial charge in [-0.2, -0.15) is 0 Å². The summed E-state index contributed by atoms with van der Waals surface area (Å²) in [6.45, 7) is 14.4. The molecule has 4 rings (SSSR count). The Morgan fingerprint density at radius 2 is 1.15 bits per heavy atom. The van der Waals surface area contributed by atoms with Gasteiger partial charge in [-0.05, 0) is 0 Å². The van der Waals surface area contributed by atoms with Crippen molar-refractivity contribution in [2.24, 2.45) is 0 Å². The van der Waals surface area contributed by atoms with E-state index in [9.17, 15) is 0 Å². The first-order valence-electron chi connectivity index (χ1n) is 12.6. The summed E-state index contributed by atoms with van der Waals surface area (Å²) < 4.78 is 1.79. The molecule has 0 fully saturated rings. The molecular formula is C32H40SiTi. The van der Waals surface area contributed by atoms with Gasteiger partial charge >= 0.3 is 213 Å². The van der Waals surface area contributed by atoms with Gasteiger partial charge in [0, 0.05) is 0 Å². The molecule has 34 heavy (non-hydrogen) atoms. The summed E-state index contributed by atoms with van der Waals surface area (Å²) in [7, 11) is -2.58. The molecule has 0 nitrogen and oxygen atoms in total. The number of hydrogen-bond acceptors (Lipinski definition) is 0. The van der Waals surface area contributed by atoms with Crippen LogP contribution in [0, 0.1) is 13.8 Å². The summed E-state index contributed by atoms with van der Waals surface area (Å²) >= 11 is -2.28. The second-order valence-corrected chi connectivity index (χ2v) is 23.4. The Labute approximate surface area is 212 Å². The summed E-state index contributed by atoms with van der Waals surface area (Å²) in [5, 5.41) is 12.4. The zero-order valence-corrected chi connectivity index (χ0v) is 25.1. The minimum atomic E-state index is -2.58. The van der Waals surface area contributed by atoms with Crippen LogP contribution in [0.25, 0.3) is 0 Å². The molecule has 1 unspecified atom stereocenters. The van der Waals surface area contributed by atoms with Crippen molar-refractivity contribution in [3.8, 4) is 0 Å². The van der Waals surface area contributed by atoms with Crippen LogP contribution < -0.4 is 15.6 Å². The topological polar surface area (TPSA) is 0 Å². The Kier molecular flexibility index (Phi) is 6.62. The monoisotopic (exact) mass is 500 g/mol. The van der Waals surface area contributed by atoms with Gasteiger partial charge in [-0.15, -0.1) is 0 Å². The van der Waals surface area contributed by atoms with E-state index in [1.807, 2.05) is 0 Å². The SMILES string of the molecule is CC1=C(C)C(C)([Si](c2ccccc2)(c2ccccc2)c2cc(C)ccc2C)[C]([Ti]([CH3])([CH3])[CH3])=C1C. The van der Waals surface area contributed by atoms with E-state index >= 15 is 0 Å². The summed E-state index contributed by atoms with van der Waals surface area (Å²) in [6.07, 6.45) is 0. The molecule has 1 atom stereocenters. The first-order chi connectivity index (χ1) is 16.0. The van der Waals surface area contributed by atoms with Crippen molar-refractivity contribution in [1.29, 1.82) is 0 Å². The number of hydrogen-bond donors (Lipinski definition) is 0.